The van der Waals surface area contributed by atoms with Crippen molar-refractivity contribution < 1.29 is 14.3 Å². The number of rotatable bonds is 3. The monoisotopic (exact) mass is 487 g/mol. The van der Waals surface area contributed by atoms with Crippen LogP contribution in [0.25, 0.3) is 33.3 Å². The van der Waals surface area contributed by atoms with Gasteiger partial charge in [-0.3, -0.25) is 10.1 Å². The molecule has 0 radical (unpaired) electrons. The zero-order valence-electron chi connectivity index (χ0n) is 17.9. The summed E-state index contributed by atoms with van der Waals surface area (Å²) in [7, 11) is 0. The second-order valence-electron chi connectivity index (χ2n) is 7.77. The van der Waals surface area contributed by atoms with Crippen LogP contribution >= 0.6 is 23.8 Å². The van der Waals surface area contributed by atoms with Crippen molar-refractivity contribution >= 4 is 62.4 Å². The highest BCUT2D eigenvalue weighted by Gasteiger charge is 2.16. The molecule has 0 aliphatic rings. The van der Waals surface area contributed by atoms with Crippen molar-refractivity contribution in [3.63, 3.8) is 0 Å². The zero-order valence-corrected chi connectivity index (χ0v) is 19.5. The fourth-order valence-corrected chi connectivity index (χ4v) is 4.18. The van der Waals surface area contributed by atoms with Crippen molar-refractivity contribution in [3.8, 4) is 17.2 Å². The van der Waals surface area contributed by atoms with Gasteiger partial charge in [0.25, 0.3) is 5.91 Å². The molecule has 0 aliphatic carbocycles. The van der Waals surface area contributed by atoms with E-state index in [0.717, 1.165) is 16.3 Å². The number of thiocarbonyl (C=S) groups is 1. The predicted octanol–water partition coefficient (Wildman–Crippen LogP) is 6.44. The van der Waals surface area contributed by atoms with Crippen LogP contribution in [0.4, 0.5) is 5.69 Å². The Hall–Kier alpha value is -3.94. The number of oxazole rings is 1. The van der Waals surface area contributed by atoms with Gasteiger partial charge in [0.05, 0.1) is 5.56 Å². The topological polar surface area (TPSA) is 87.4 Å². The Morgan fingerprint density at radius 1 is 1.03 bits per heavy atom. The van der Waals surface area contributed by atoms with Crippen molar-refractivity contribution in [2.24, 2.45) is 0 Å². The Balaban J connectivity index is 1.37. The van der Waals surface area contributed by atoms with Gasteiger partial charge in [-0.1, -0.05) is 41.9 Å². The molecule has 4 aromatic carbocycles. The zero-order chi connectivity index (χ0) is 23.8. The molecule has 34 heavy (non-hydrogen) atoms. The lowest BCUT2D eigenvalue weighted by Crippen LogP contribution is -2.34. The number of halogens is 1. The number of amides is 1. The molecule has 0 fully saturated rings. The van der Waals surface area contributed by atoms with Crippen LogP contribution in [0.1, 0.15) is 15.9 Å². The van der Waals surface area contributed by atoms with E-state index in [1.807, 2.05) is 37.3 Å². The first-order chi connectivity index (χ1) is 16.4. The van der Waals surface area contributed by atoms with E-state index in [2.05, 4.69) is 15.6 Å². The van der Waals surface area contributed by atoms with Gasteiger partial charge in [-0.25, -0.2) is 4.98 Å². The van der Waals surface area contributed by atoms with Crippen molar-refractivity contribution in [2.45, 2.75) is 6.92 Å². The highest BCUT2D eigenvalue weighted by atomic mass is 35.5. The molecule has 5 aromatic rings. The van der Waals surface area contributed by atoms with Gasteiger partial charge in [0.15, 0.2) is 10.7 Å². The van der Waals surface area contributed by atoms with Gasteiger partial charge in [0, 0.05) is 21.7 Å². The smallest absolute Gasteiger partial charge is 0.258 e. The summed E-state index contributed by atoms with van der Waals surface area (Å²) in [6.07, 6.45) is 0. The molecule has 1 aromatic heterocycles. The predicted molar refractivity (Wildman–Crippen MR) is 138 cm³/mol. The summed E-state index contributed by atoms with van der Waals surface area (Å²) < 4.78 is 5.84. The molecular weight excluding hydrogens is 470 g/mol. The molecule has 0 saturated carbocycles. The van der Waals surface area contributed by atoms with Crippen LogP contribution in [0.15, 0.2) is 77.2 Å². The number of aromatic hydroxyl groups is 1. The van der Waals surface area contributed by atoms with E-state index in [0.29, 0.717) is 32.9 Å². The molecule has 8 heteroatoms. The van der Waals surface area contributed by atoms with Gasteiger partial charge >= 0.3 is 0 Å². The highest BCUT2D eigenvalue weighted by molar-refractivity contribution is 7.80. The molecule has 0 atom stereocenters. The van der Waals surface area contributed by atoms with Crippen LogP contribution in [0.3, 0.4) is 0 Å². The standard InChI is InChI=1S/C26H18ClN3O3S/c1-14-8-10-21-23(12-14)33-25(29-21)19-13-15(9-11-22(19)31)28-26(34)30-24(32)18-6-2-5-17-16(18)4-3-7-20(17)27/h2-13,31H,1H3,(H2,28,30,32,34). The third-order valence-electron chi connectivity index (χ3n) is 5.37. The summed E-state index contributed by atoms with van der Waals surface area (Å²) in [5.41, 5.74) is 3.78. The molecule has 168 valence electrons. The molecule has 5 rings (SSSR count). The third kappa shape index (κ3) is 4.19. The second kappa shape index (κ2) is 8.78. The number of carbonyl (C=O) groups excluding carboxylic acids is 1. The molecule has 0 aliphatic heterocycles. The highest BCUT2D eigenvalue weighted by Crippen LogP contribution is 2.33. The maximum atomic E-state index is 12.9. The summed E-state index contributed by atoms with van der Waals surface area (Å²) in [5, 5.41) is 18.2. The minimum atomic E-state index is -0.362. The molecule has 1 amide bonds. The number of hydrogen-bond donors (Lipinski definition) is 3. The number of phenolic OH excluding ortho intramolecular Hbond substituents is 1. The van der Waals surface area contributed by atoms with Gasteiger partial charge < -0.3 is 14.8 Å². The normalized spacial score (nSPS) is 11.0. The largest absolute Gasteiger partial charge is 0.507 e. The van der Waals surface area contributed by atoms with Crippen molar-refractivity contribution in [1.82, 2.24) is 10.3 Å². The summed E-state index contributed by atoms with van der Waals surface area (Å²) >= 11 is 11.6. The van der Waals surface area contributed by atoms with Gasteiger partial charge in [-0.15, -0.1) is 0 Å². The molecule has 3 N–H and O–H groups in total. The Morgan fingerprint density at radius 3 is 2.68 bits per heavy atom. The number of phenols is 1. The number of aromatic nitrogens is 1. The van der Waals surface area contributed by atoms with E-state index >= 15 is 0 Å². The van der Waals surface area contributed by atoms with Gasteiger partial charge in [0.1, 0.15) is 11.3 Å². The van der Waals surface area contributed by atoms with Gasteiger partial charge in [-0.05, 0) is 72.6 Å². The molecular formula is C26H18ClN3O3S. The van der Waals surface area contributed by atoms with E-state index in [4.69, 9.17) is 28.2 Å². The first kappa shape index (κ1) is 21.9. The Morgan fingerprint density at radius 2 is 1.82 bits per heavy atom. The minimum Gasteiger partial charge on any atom is -0.507 e. The summed E-state index contributed by atoms with van der Waals surface area (Å²) in [6, 6.07) is 21.2. The van der Waals surface area contributed by atoms with Crippen LogP contribution in [0.5, 0.6) is 5.75 Å². The summed E-state index contributed by atoms with van der Waals surface area (Å²) in [5.74, 6) is -0.0700. The quantitative estimate of drug-likeness (QED) is 0.200. The fourth-order valence-electron chi connectivity index (χ4n) is 3.73. The van der Waals surface area contributed by atoms with Crippen LogP contribution in [0, 0.1) is 6.92 Å². The average molecular weight is 488 g/mol. The lowest BCUT2D eigenvalue weighted by molar-refractivity contribution is 0.0979. The lowest BCUT2D eigenvalue weighted by Gasteiger charge is -2.12. The van der Waals surface area contributed by atoms with E-state index in [-0.39, 0.29) is 22.7 Å². The van der Waals surface area contributed by atoms with Crippen LogP contribution in [0.2, 0.25) is 5.02 Å². The third-order valence-corrected chi connectivity index (χ3v) is 5.90. The number of carbonyl (C=O) groups is 1. The fraction of sp³-hybridized carbons (Fsp3) is 0.0385. The minimum absolute atomic E-state index is 0.0106. The number of aryl methyl sites for hydroxylation is 1. The van der Waals surface area contributed by atoms with E-state index in [1.165, 1.54) is 6.07 Å². The number of fused-ring (bicyclic) bond motifs is 2. The number of anilines is 1. The maximum absolute atomic E-state index is 12.9. The number of benzene rings is 4. The van der Waals surface area contributed by atoms with E-state index < -0.39 is 0 Å². The maximum Gasteiger partial charge on any atom is 0.258 e. The Kier molecular flexibility index (Phi) is 5.65. The average Bonchev–Trinajstić information content (AvgIpc) is 3.23. The van der Waals surface area contributed by atoms with Crippen molar-refractivity contribution in [2.75, 3.05) is 5.32 Å². The number of hydrogen-bond acceptors (Lipinski definition) is 5. The molecule has 0 unspecified atom stereocenters. The van der Waals surface area contributed by atoms with Gasteiger partial charge in [0.2, 0.25) is 5.89 Å². The lowest BCUT2D eigenvalue weighted by atomic mass is 10.0. The molecule has 6 nitrogen and oxygen atoms in total. The van der Waals surface area contributed by atoms with Gasteiger partial charge in [-0.2, -0.15) is 0 Å². The van der Waals surface area contributed by atoms with Crippen LogP contribution in [-0.4, -0.2) is 21.1 Å². The van der Waals surface area contributed by atoms with E-state index in [1.54, 1.807) is 36.4 Å². The molecule has 0 bridgehead atoms. The van der Waals surface area contributed by atoms with Crippen molar-refractivity contribution in [3.05, 3.63) is 88.9 Å². The number of nitrogens with one attached hydrogen (secondary N) is 2. The second-order valence-corrected chi connectivity index (χ2v) is 8.59. The summed E-state index contributed by atoms with van der Waals surface area (Å²) in [4.78, 5) is 17.4. The Labute approximate surface area is 205 Å². The molecule has 0 spiro atoms. The number of nitrogens with zero attached hydrogens (tertiary/aromatic N) is 1. The Bertz CT molecular complexity index is 1600. The summed E-state index contributed by atoms with van der Waals surface area (Å²) in [6.45, 7) is 1.96. The molecule has 1 heterocycles. The van der Waals surface area contributed by atoms with Crippen LogP contribution < -0.4 is 10.6 Å². The van der Waals surface area contributed by atoms with Crippen molar-refractivity contribution in [1.29, 1.82) is 0 Å². The molecule has 0 saturated heterocycles. The van der Waals surface area contributed by atoms with E-state index in [9.17, 15) is 9.90 Å². The SMILES string of the molecule is Cc1ccc2nc(-c3cc(NC(=S)NC(=O)c4cccc5c(Cl)cccc45)ccc3O)oc2c1. The van der Waals surface area contributed by atoms with Crippen LogP contribution in [-0.2, 0) is 0 Å². The first-order valence-electron chi connectivity index (χ1n) is 10.4. The first-order valence-corrected chi connectivity index (χ1v) is 11.2.